The summed E-state index contributed by atoms with van der Waals surface area (Å²) in [5.74, 6) is 1.50. The topological polar surface area (TPSA) is 58.6 Å². The predicted octanol–water partition coefficient (Wildman–Crippen LogP) is 1.08. The van der Waals surface area contributed by atoms with E-state index in [4.69, 9.17) is 4.74 Å². The summed E-state index contributed by atoms with van der Waals surface area (Å²) in [6.07, 6.45) is 7.64. The van der Waals surface area contributed by atoms with Gasteiger partial charge in [-0.05, 0) is 25.3 Å². The first-order valence-electron chi connectivity index (χ1n) is 8.26. The van der Waals surface area contributed by atoms with Crippen LogP contribution in [0.15, 0.2) is 18.5 Å². The molecule has 1 aromatic rings. The first-order chi connectivity index (χ1) is 10.8. The maximum Gasteiger partial charge on any atom is 0.225 e. The minimum Gasteiger partial charge on any atom is -0.376 e. The lowest BCUT2D eigenvalue weighted by Crippen LogP contribution is -2.61. The molecular formula is C16H22N4O2. The van der Waals surface area contributed by atoms with E-state index in [1.54, 1.807) is 12.4 Å². The number of piperidine rings is 1. The number of ether oxygens (including phenoxy) is 1. The molecule has 1 amide bonds. The van der Waals surface area contributed by atoms with Crippen molar-refractivity contribution in [2.45, 2.75) is 37.8 Å². The number of fused-ring (bicyclic) bond motifs is 1. The van der Waals surface area contributed by atoms with Crippen molar-refractivity contribution in [1.82, 2.24) is 14.9 Å². The molecule has 0 spiro atoms. The van der Waals surface area contributed by atoms with E-state index in [1.165, 1.54) is 0 Å². The molecule has 3 aliphatic heterocycles. The lowest BCUT2D eigenvalue weighted by molar-refractivity contribution is -0.137. The average Bonchev–Trinajstić information content (AvgIpc) is 3.00. The van der Waals surface area contributed by atoms with E-state index in [1.807, 2.05) is 11.0 Å². The molecule has 0 aliphatic carbocycles. The van der Waals surface area contributed by atoms with Crippen LogP contribution in [0.1, 0.15) is 25.7 Å². The van der Waals surface area contributed by atoms with E-state index >= 15 is 0 Å². The quantitative estimate of drug-likeness (QED) is 0.818. The Morgan fingerprint density at radius 2 is 2.05 bits per heavy atom. The van der Waals surface area contributed by atoms with Gasteiger partial charge < -0.3 is 14.5 Å². The molecule has 0 radical (unpaired) electrons. The smallest absolute Gasteiger partial charge is 0.225 e. The summed E-state index contributed by atoms with van der Waals surface area (Å²) in [5.41, 5.74) is 0. The number of amides is 1. The maximum atomic E-state index is 12.2. The molecule has 1 aromatic heterocycles. The normalized spacial score (nSPS) is 32.2. The van der Waals surface area contributed by atoms with Crippen molar-refractivity contribution in [3.05, 3.63) is 18.5 Å². The van der Waals surface area contributed by atoms with Crippen molar-refractivity contribution in [2.75, 3.05) is 31.1 Å². The summed E-state index contributed by atoms with van der Waals surface area (Å²) in [7, 11) is 0. The van der Waals surface area contributed by atoms with Crippen molar-refractivity contribution < 1.29 is 9.53 Å². The van der Waals surface area contributed by atoms with Crippen molar-refractivity contribution in [2.24, 2.45) is 5.92 Å². The number of anilines is 1. The summed E-state index contributed by atoms with van der Waals surface area (Å²) in [4.78, 5) is 25.3. The van der Waals surface area contributed by atoms with Crippen molar-refractivity contribution in [3.63, 3.8) is 0 Å². The molecule has 0 bridgehead atoms. The molecule has 0 saturated carbocycles. The van der Waals surface area contributed by atoms with Gasteiger partial charge in [-0.3, -0.25) is 4.79 Å². The van der Waals surface area contributed by atoms with Crippen molar-refractivity contribution >= 4 is 11.9 Å². The Bertz CT molecular complexity index is 538. The molecule has 6 heteroatoms. The van der Waals surface area contributed by atoms with Crippen LogP contribution in [0.2, 0.25) is 0 Å². The van der Waals surface area contributed by atoms with Crippen molar-refractivity contribution in [1.29, 1.82) is 0 Å². The highest BCUT2D eigenvalue weighted by Crippen LogP contribution is 2.33. The minimum atomic E-state index is 0.137. The molecular weight excluding hydrogens is 280 g/mol. The van der Waals surface area contributed by atoms with Crippen LogP contribution >= 0.6 is 0 Å². The van der Waals surface area contributed by atoms with Gasteiger partial charge in [0.1, 0.15) is 0 Å². The van der Waals surface area contributed by atoms with Crippen LogP contribution in [-0.4, -0.2) is 59.2 Å². The number of likely N-dealkylation sites (tertiary alicyclic amines) is 1. The highest BCUT2D eigenvalue weighted by molar-refractivity contribution is 5.78. The second-order valence-corrected chi connectivity index (χ2v) is 6.45. The molecule has 3 atom stereocenters. The monoisotopic (exact) mass is 302 g/mol. The zero-order valence-electron chi connectivity index (χ0n) is 12.7. The van der Waals surface area contributed by atoms with Crippen LogP contribution in [0.4, 0.5) is 5.95 Å². The van der Waals surface area contributed by atoms with E-state index in [-0.39, 0.29) is 18.1 Å². The zero-order valence-corrected chi connectivity index (χ0v) is 12.7. The van der Waals surface area contributed by atoms with Crippen LogP contribution in [-0.2, 0) is 9.53 Å². The lowest BCUT2D eigenvalue weighted by atomic mass is 9.85. The van der Waals surface area contributed by atoms with E-state index < -0.39 is 0 Å². The summed E-state index contributed by atoms with van der Waals surface area (Å²) in [6.45, 7) is 3.38. The molecule has 0 unspecified atom stereocenters. The van der Waals surface area contributed by atoms with Crippen LogP contribution in [0, 0.1) is 5.92 Å². The van der Waals surface area contributed by atoms with Gasteiger partial charge in [-0.2, -0.15) is 0 Å². The van der Waals surface area contributed by atoms with Gasteiger partial charge in [0.25, 0.3) is 0 Å². The number of carbonyl (C=O) groups excluding carboxylic acids is 1. The molecule has 6 nitrogen and oxygen atoms in total. The Morgan fingerprint density at radius 3 is 2.82 bits per heavy atom. The number of nitrogens with zero attached hydrogens (tertiary/aromatic N) is 4. The third-order valence-electron chi connectivity index (χ3n) is 5.08. The first-order valence-corrected chi connectivity index (χ1v) is 8.26. The summed E-state index contributed by atoms with van der Waals surface area (Å²) in [6, 6.07) is 1.97. The first kappa shape index (κ1) is 13.9. The summed E-state index contributed by atoms with van der Waals surface area (Å²) >= 11 is 0. The molecule has 22 heavy (non-hydrogen) atoms. The van der Waals surface area contributed by atoms with Gasteiger partial charge in [0.2, 0.25) is 11.9 Å². The van der Waals surface area contributed by atoms with Gasteiger partial charge in [-0.15, -0.1) is 0 Å². The Morgan fingerprint density at radius 1 is 1.18 bits per heavy atom. The summed E-state index contributed by atoms with van der Waals surface area (Å²) in [5, 5.41) is 0. The average molecular weight is 302 g/mol. The molecule has 3 saturated heterocycles. The molecule has 0 N–H and O–H groups in total. The fraction of sp³-hybridized carbons (Fsp3) is 0.688. The third kappa shape index (κ3) is 2.45. The maximum absolute atomic E-state index is 12.2. The van der Waals surface area contributed by atoms with Gasteiger partial charge in [0, 0.05) is 51.0 Å². The van der Waals surface area contributed by atoms with Gasteiger partial charge in [-0.1, -0.05) is 0 Å². The lowest BCUT2D eigenvalue weighted by Gasteiger charge is -2.48. The molecule has 4 rings (SSSR count). The van der Waals surface area contributed by atoms with E-state index in [2.05, 4.69) is 14.9 Å². The fourth-order valence-corrected chi connectivity index (χ4v) is 4.09. The molecule has 0 aromatic carbocycles. The minimum absolute atomic E-state index is 0.137. The Labute approximate surface area is 130 Å². The highest BCUT2D eigenvalue weighted by Gasteiger charge is 2.44. The van der Waals surface area contributed by atoms with E-state index in [9.17, 15) is 4.79 Å². The van der Waals surface area contributed by atoms with Crippen LogP contribution in [0.25, 0.3) is 0 Å². The van der Waals surface area contributed by atoms with Gasteiger partial charge in [0.15, 0.2) is 0 Å². The fourth-order valence-electron chi connectivity index (χ4n) is 4.09. The molecule has 118 valence electrons. The number of aromatic nitrogens is 2. The van der Waals surface area contributed by atoms with Gasteiger partial charge in [-0.25, -0.2) is 9.97 Å². The highest BCUT2D eigenvalue weighted by atomic mass is 16.5. The predicted molar refractivity (Wildman–Crippen MR) is 81.4 cm³/mol. The Hall–Kier alpha value is -1.69. The van der Waals surface area contributed by atoms with E-state index in [0.717, 1.165) is 51.5 Å². The second kappa shape index (κ2) is 5.83. The Balaban J connectivity index is 1.61. The molecule has 3 aliphatic rings. The third-order valence-corrected chi connectivity index (χ3v) is 5.08. The SMILES string of the molecule is O=C1CCCN1[C@@H]1CN(c2ncccn2)C[C@@H]2CCCO[C@@H]21. The molecule has 4 heterocycles. The zero-order chi connectivity index (χ0) is 14.9. The Kier molecular flexibility index (Phi) is 3.70. The number of carbonyl (C=O) groups is 1. The van der Waals surface area contributed by atoms with Crippen molar-refractivity contribution in [3.8, 4) is 0 Å². The second-order valence-electron chi connectivity index (χ2n) is 6.45. The standard InChI is InChI=1S/C16H22N4O2/c21-14-5-1-8-20(14)13-11-19(16-17-6-3-7-18-16)10-12-4-2-9-22-15(12)13/h3,6-7,12-13,15H,1-2,4-5,8-11H2/t12-,13+,15-/m0/s1. The largest absolute Gasteiger partial charge is 0.376 e. The van der Waals surface area contributed by atoms with E-state index in [0.29, 0.717) is 12.3 Å². The van der Waals surface area contributed by atoms with Gasteiger partial charge in [0.05, 0.1) is 12.1 Å². The number of hydrogen-bond donors (Lipinski definition) is 0. The van der Waals surface area contributed by atoms with Gasteiger partial charge >= 0.3 is 0 Å². The van der Waals surface area contributed by atoms with Crippen LogP contribution in [0.5, 0.6) is 0 Å². The van der Waals surface area contributed by atoms with Crippen LogP contribution in [0.3, 0.4) is 0 Å². The number of rotatable bonds is 2. The molecule has 3 fully saturated rings. The van der Waals surface area contributed by atoms with Crippen LogP contribution < -0.4 is 4.90 Å². The number of hydrogen-bond acceptors (Lipinski definition) is 5. The summed E-state index contributed by atoms with van der Waals surface area (Å²) < 4.78 is 6.08.